The molecule has 2 heteroatoms. The summed E-state index contributed by atoms with van der Waals surface area (Å²) in [5.74, 6) is 0. The van der Waals surface area contributed by atoms with Gasteiger partial charge in [0.25, 0.3) is 0 Å². The van der Waals surface area contributed by atoms with E-state index in [4.69, 9.17) is 12.6 Å². The summed E-state index contributed by atoms with van der Waals surface area (Å²) in [6.45, 7) is 4.85. The molecule has 0 aromatic rings. The molecule has 0 aromatic carbocycles. The van der Waals surface area contributed by atoms with E-state index in [1.54, 1.807) is 0 Å². The molecule has 0 heterocycles. The third-order valence-electron chi connectivity index (χ3n) is 0.800. The van der Waals surface area contributed by atoms with Crippen molar-refractivity contribution >= 4 is 7.85 Å². The van der Waals surface area contributed by atoms with Crippen LogP contribution in [0, 0.1) is 0 Å². The van der Waals surface area contributed by atoms with E-state index in [-0.39, 0.29) is 0 Å². The minimum absolute atomic E-state index is 0.349. The highest BCUT2D eigenvalue weighted by Gasteiger charge is 1.89. The predicted octanol–water partition coefficient (Wildman–Crippen LogP) is 1.39. The maximum atomic E-state index is 5.23. The maximum absolute atomic E-state index is 5.23. The van der Waals surface area contributed by atoms with E-state index < -0.39 is 0 Å². The van der Waals surface area contributed by atoms with Crippen LogP contribution in [0.5, 0.6) is 0 Å². The first kappa shape index (κ1) is 8.02. The van der Waals surface area contributed by atoms with Crippen LogP contribution >= 0.6 is 0 Å². The lowest BCUT2D eigenvalue weighted by molar-refractivity contribution is 0.0795. The molecule has 0 aliphatic carbocycles. The molecule has 0 N–H and O–H groups in total. The van der Waals surface area contributed by atoms with Gasteiger partial charge >= 0.3 is 0 Å². The molecule has 0 atom stereocenters. The van der Waals surface area contributed by atoms with Crippen molar-refractivity contribution in [3.8, 4) is 0 Å². The molecule has 0 fully saturated rings. The Labute approximate surface area is 52.8 Å². The van der Waals surface area contributed by atoms with Gasteiger partial charge in [-0.25, -0.2) is 0 Å². The predicted molar refractivity (Wildman–Crippen MR) is 36.3 cm³/mol. The quantitative estimate of drug-likeness (QED) is 0.394. The van der Waals surface area contributed by atoms with Gasteiger partial charge in [-0.15, -0.1) is 0 Å². The zero-order chi connectivity index (χ0) is 6.41. The van der Waals surface area contributed by atoms with Gasteiger partial charge in [0.2, 0.25) is 0 Å². The van der Waals surface area contributed by atoms with E-state index in [0.29, 0.717) is 6.10 Å². The number of hydrogen-bond donors (Lipinski definition) is 0. The monoisotopic (exact) mass is 112 g/mol. The first-order valence-electron chi connectivity index (χ1n) is 3.09. The molecule has 0 spiro atoms. The van der Waals surface area contributed by atoms with Gasteiger partial charge in [-0.1, -0.05) is 6.32 Å². The molecule has 46 valence electrons. The summed E-state index contributed by atoms with van der Waals surface area (Å²) in [5.41, 5.74) is 0. The van der Waals surface area contributed by atoms with Crippen LogP contribution in [0.25, 0.3) is 0 Å². The van der Waals surface area contributed by atoms with Crippen LogP contribution in [0.4, 0.5) is 0 Å². The third-order valence-corrected chi connectivity index (χ3v) is 0.800. The average Bonchev–Trinajstić information content (AvgIpc) is 1.66. The first-order chi connectivity index (χ1) is 3.77. The van der Waals surface area contributed by atoms with Gasteiger partial charge in [-0.2, -0.15) is 0 Å². The maximum Gasteiger partial charge on any atom is 0.0654 e. The topological polar surface area (TPSA) is 9.23 Å². The summed E-state index contributed by atoms with van der Waals surface area (Å²) < 4.78 is 5.20. The van der Waals surface area contributed by atoms with Crippen LogP contribution in [-0.4, -0.2) is 20.6 Å². The molecule has 0 unspecified atom stereocenters. The normalized spacial score (nSPS) is 10.4. The minimum Gasteiger partial charge on any atom is -0.379 e. The smallest absolute Gasteiger partial charge is 0.0654 e. The minimum atomic E-state index is 0.349. The number of rotatable bonds is 4. The summed E-state index contributed by atoms with van der Waals surface area (Å²) in [6, 6.07) is 0. The average molecular weight is 112 g/mol. The van der Waals surface area contributed by atoms with Gasteiger partial charge < -0.3 is 4.74 Å². The molecule has 1 nitrogen and oxygen atoms in total. The Kier molecular flexibility index (Phi) is 5.18. The highest BCUT2D eigenvalue weighted by molar-refractivity contribution is 6.08. The fraction of sp³-hybridized carbons (Fsp3) is 1.00. The van der Waals surface area contributed by atoms with Gasteiger partial charge in [0, 0.05) is 6.61 Å². The zero-order valence-corrected chi connectivity index (χ0v) is 5.68. The molecule has 2 radical (unpaired) electrons. The molecule has 0 bridgehead atoms. The fourth-order valence-corrected chi connectivity index (χ4v) is 0.402. The molecule has 0 aliphatic rings. The molecule has 0 aliphatic heterocycles. The Balaban J connectivity index is 2.72. The largest absolute Gasteiger partial charge is 0.379 e. The van der Waals surface area contributed by atoms with Crippen molar-refractivity contribution < 1.29 is 4.74 Å². The van der Waals surface area contributed by atoms with Crippen molar-refractivity contribution in [1.29, 1.82) is 0 Å². The van der Waals surface area contributed by atoms with E-state index in [9.17, 15) is 0 Å². The van der Waals surface area contributed by atoms with Crippen LogP contribution in [0.3, 0.4) is 0 Å². The lowest BCUT2D eigenvalue weighted by Crippen LogP contribution is -2.03. The molecule has 0 amide bonds. The Hall–Kier alpha value is 0.0249. The zero-order valence-electron chi connectivity index (χ0n) is 5.68. The number of ether oxygens (including phenoxy) is 1. The summed E-state index contributed by atoms with van der Waals surface area (Å²) >= 11 is 0. The standard InChI is InChI=1S/C6H13BO/c1-6(2)8-5-3-4-7/h6H,3-5H2,1-2H3. The Morgan fingerprint density at radius 2 is 2.12 bits per heavy atom. The van der Waals surface area contributed by atoms with Crippen molar-refractivity contribution in [3.05, 3.63) is 0 Å². The summed E-state index contributed by atoms with van der Waals surface area (Å²) in [7, 11) is 5.23. The molecule has 8 heavy (non-hydrogen) atoms. The van der Waals surface area contributed by atoms with Crippen LogP contribution < -0.4 is 0 Å². The van der Waals surface area contributed by atoms with E-state index in [1.807, 2.05) is 13.8 Å². The molecule has 0 aromatic heterocycles. The Morgan fingerprint density at radius 3 is 2.50 bits per heavy atom. The van der Waals surface area contributed by atoms with Gasteiger partial charge in [0.05, 0.1) is 14.0 Å². The fourth-order valence-electron chi connectivity index (χ4n) is 0.402. The van der Waals surface area contributed by atoms with Crippen molar-refractivity contribution in [1.82, 2.24) is 0 Å². The second-order valence-corrected chi connectivity index (χ2v) is 2.06. The third kappa shape index (κ3) is 6.02. The number of hydrogen-bond acceptors (Lipinski definition) is 1. The van der Waals surface area contributed by atoms with Crippen molar-refractivity contribution in [2.45, 2.75) is 32.7 Å². The molecular formula is C6H13BO. The summed E-state index contributed by atoms with van der Waals surface area (Å²) in [4.78, 5) is 0. The second kappa shape index (κ2) is 5.17. The van der Waals surface area contributed by atoms with E-state index in [1.165, 1.54) is 0 Å². The highest BCUT2D eigenvalue weighted by atomic mass is 16.5. The van der Waals surface area contributed by atoms with Gasteiger partial charge in [-0.05, 0) is 20.3 Å². The summed E-state index contributed by atoms with van der Waals surface area (Å²) in [6.07, 6.45) is 2.05. The Morgan fingerprint density at radius 1 is 1.50 bits per heavy atom. The summed E-state index contributed by atoms with van der Waals surface area (Å²) in [5, 5.41) is 0. The van der Waals surface area contributed by atoms with Crippen LogP contribution in [-0.2, 0) is 4.74 Å². The van der Waals surface area contributed by atoms with Crippen LogP contribution in [0.15, 0.2) is 0 Å². The molecular weight excluding hydrogens is 98.9 g/mol. The first-order valence-corrected chi connectivity index (χ1v) is 3.09. The van der Waals surface area contributed by atoms with Gasteiger partial charge in [0.15, 0.2) is 0 Å². The van der Waals surface area contributed by atoms with Crippen molar-refractivity contribution in [2.75, 3.05) is 6.61 Å². The van der Waals surface area contributed by atoms with E-state index in [0.717, 1.165) is 19.3 Å². The Bertz CT molecular complexity index is 45.8. The van der Waals surface area contributed by atoms with E-state index >= 15 is 0 Å². The van der Waals surface area contributed by atoms with Gasteiger partial charge in [-0.3, -0.25) is 0 Å². The molecule has 0 saturated carbocycles. The second-order valence-electron chi connectivity index (χ2n) is 2.06. The van der Waals surface area contributed by atoms with Gasteiger partial charge in [0.1, 0.15) is 0 Å². The van der Waals surface area contributed by atoms with Crippen LogP contribution in [0.2, 0.25) is 6.32 Å². The molecule has 0 saturated heterocycles. The van der Waals surface area contributed by atoms with Crippen molar-refractivity contribution in [2.24, 2.45) is 0 Å². The molecule has 0 rings (SSSR count). The SMILES string of the molecule is [B]CCCOC(C)C. The van der Waals surface area contributed by atoms with Crippen LogP contribution in [0.1, 0.15) is 20.3 Å². The van der Waals surface area contributed by atoms with Crippen molar-refractivity contribution in [3.63, 3.8) is 0 Å². The van der Waals surface area contributed by atoms with E-state index in [2.05, 4.69) is 0 Å². The lowest BCUT2D eigenvalue weighted by Gasteiger charge is -2.04. The lowest BCUT2D eigenvalue weighted by atomic mass is 10.0. The highest BCUT2D eigenvalue weighted by Crippen LogP contribution is 1.91.